The third kappa shape index (κ3) is 4.66. The van der Waals surface area contributed by atoms with Crippen LogP contribution in [-0.2, 0) is 17.9 Å². The molecule has 7 nitrogen and oxygen atoms in total. The molecule has 1 amide bonds. The quantitative estimate of drug-likeness (QED) is 0.822. The van der Waals surface area contributed by atoms with Crippen LogP contribution in [0, 0.1) is 13.8 Å². The lowest BCUT2D eigenvalue weighted by Gasteiger charge is -2.22. The highest BCUT2D eigenvalue weighted by Crippen LogP contribution is 2.23. The van der Waals surface area contributed by atoms with E-state index in [-0.39, 0.29) is 11.9 Å². The molecule has 8 heteroatoms. The molecular weight excluding hydrogens is 325 g/mol. The number of amides is 1. The van der Waals surface area contributed by atoms with Crippen LogP contribution in [0.3, 0.4) is 0 Å². The van der Waals surface area contributed by atoms with Gasteiger partial charge in [0.15, 0.2) is 0 Å². The van der Waals surface area contributed by atoms with E-state index in [9.17, 15) is 9.18 Å². The fourth-order valence-electron chi connectivity index (χ4n) is 3.08. The summed E-state index contributed by atoms with van der Waals surface area (Å²) in [4.78, 5) is 18.3. The summed E-state index contributed by atoms with van der Waals surface area (Å²) in [5.74, 6) is 1.33. The van der Waals surface area contributed by atoms with Crippen LogP contribution in [0.25, 0.3) is 0 Å². The summed E-state index contributed by atoms with van der Waals surface area (Å²) in [6, 6.07) is 1.78. The van der Waals surface area contributed by atoms with E-state index in [0.717, 1.165) is 11.5 Å². The standard InChI is InChI=1S/C17H24FN5O2/c1-12-13(2)25-17(21-12)11-22-10-14(18)8-15(22)9-19-16(24)4-7-23-6-3-5-20-23/h3,5-6,14-15H,4,7-11H2,1-2H3,(H,19,24)/t14-,15-/m0/s1. The SMILES string of the molecule is Cc1nc(CN2C[C@@H](F)C[C@H]2CNC(=O)CCn2cccn2)oc1C. The lowest BCUT2D eigenvalue weighted by atomic mass is 10.2. The fraction of sp³-hybridized carbons (Fsp3) is 0.588. The molecule has 1 fully saturated rings. The second-order valence-corrected chi connectivity index (χ2v) is 6.49. The summed E-state index contributed by atoms with van der Waals surface area (Å²) in [5, 5.41) is 6.97. The number of rotatable bonds is 7. The van der Waals surface area contributed by atoms with Crippen LogP contribution in [0.1, 0.15) is 30.2 Å². The maximum Gasteiger partial charge on any atom is 0.221 e. The Morgan fingerprint density at radius 1 is 1.48 bits per heavy atom. The van der Waals surface area contributed by atoms with Crippen LogP contribution in [0.2, 0.25) is 0 Å². The normalized spacial score (nSPS) is 20.9. The molecule has 1 aliphatic rings. The number of aromatic nitrogens is 3. The Balaban J connectivity index is 1.48. The third-order valence-corrected chi connectivity index (χ3v) is 4.55. The van der Waals surface area contributed by atoms with Gasteiger partial charge in [0.25, 0.3) is 0 Å². The molecule has 0 aliphatic carbocycles. The molecule has 3 rings (SSSR count). The van der Waals surface area contributed by atoms with E-state index in [0.29, 0.717) is 44.9 Å². The van der Waals surface area contributed by atoms with Gasteiger partial charge in [-0.15, -0.1) is 0 Å². The van der Waals surface area contributed by atoms with Crippen molar-refractivity contribution in [1.29, 1.82) is 0 Å². The summed E-state index contributed by atoms with van der Waals surface area (Å²) >= 11 is 0. The second kappa shape index (κ2) is 7.77. The molecule has 1 saturated heterocycles. The van der Waals surface area contributed by atoms with Crippen molar-refractivity contribution in [3.63, 3.8) is 0 Å². The van der Waals surface area contributed by atoms with Crippen molar-refractivity contribution in [1.82, 2.24) is 25.0 Å². The molecule has 25 heavy (non-hydrogen) atoms. The van der Waals surface area contributed by atoms with E-state index in [1.54, 1.807) is 10.9 Å². The molecule has 2 aromatic heterocycles. The number of alkyl halides is 1. The molecule has 0 aromatic carbocycles. The Bertz CT molecular complexity index is 680. The van der Waals surface area contributed by atoms with Crippen molar-refractivity contribution in [3.8, 4) is 0 Å². The van der Waals surface area contributed by atoms with Gasteiger partial charge in [-0.25, -0.2) is 9.37 Å². The van der Waals surface area contributed by atoms with Crippen LogP contribution >= 0.6 is 0 Å². The van der Waals surface area contributed by atoms with Gasteiger partial charge < -0.3 is 9.73 Å². The molecule has 0 saturated carbocycles. The van der Waals surface area contributed by atoms with Crippen molar-refractivity contribution >= 4 is 5.91 Å². The highest BCUT2D eigenvalue weighted by Gasteiger charge is 2.33. The van der Waals surface area contributed by atoms with E-state index in [2.05, 4.69) is 15.4 Å². The number of aryl methyl sites for hydroxylation is 3. The van der Waals surface area contributed by atoms with Crippen LogP contribution in [-0.4, -0.2) is 50.9 Å². The van der Waals surface area contributed by atoms with Crippen molar-refractivity contribution < 1.29 is 13.6 Å². The monoisotopic (exact) mass is 349 g/mol. The summed E-state index contributed by atoms with van der Waals surface area (Å²) in [5.41, 5.74) is 0.856. The van der Waals surface area contributed by atoms with Gasteiger partial charge in [0.2, 0.25) is 11.8 Å². The van der Waals surface area contributed by atoms with E-state index in [1.807, 2.05) is 31.0 Å². The van der Waals surface area contributed by atoms with Gasteiger partial charge in [0.05, 0.1) is 12.2 Å². The molecular formula is C17H24FN5O2. The molecule has 3 heterocycles. The number of hydrogen-bond acceptors (Lipinski definition) is 5. The molecule has 0 unspecified atom stereocenters. The van der Waals surface area contributed by atoms with Crippen molar-refractivity contribution in [3.05, 3.63) is 35.8 Å². The summed E-state index contributed by atoms with van der Waals surface area (Å²) in [6.45, 7) is 5.52. The maximum atomic E-state index is 13.9. The Morgan fingerprint density at radius 3 is 3.00 bits per heavy atom. The zero-order valence-electron chi connectivity index (χ0n) is 14.6. The zero-order chi connectivity index (χ0) is 17.8. The minimum atomic E-state index is -0.886. The maximum absolute atomic E-state index is 13.9. The van der Waals surface area contributed by atoms with Gasteiger partial charge in [-0.05, 0) is 26.3 Å². The van der Waals surface area contributed by atoms with E-state index >= 15 is 0 Å². The molecule has 1 aliphatic heterocycles. The Kier molecular flexibility index (Phi) is 5.47. The highest BCUT2D eigenvalue weighted by molar-refractivity contribution is 5.75. The number of nitrogens with one attached hydrogen (secondary N) is 1. The van der Waals surface area contributed by atoms with E-state index < -0.39 is 6.17 Å². The molecule has 2 atom stereocenters. The number of nitrogens with zero attached hydrogens (tertiary/aromatic N) is 4. The van der Waals surface area contributed by atoms with Crippen molar-refractivity contribution in [2.45, 2.75) is 52.0 Å². The van der Waals surface area contributed by atoms with E-state index in [1.165, 1.54) is 0 Å². The molecule has 1 N–H and O–H groups in total. The first-order chi connectivity index (χ1) is 12.0. The largest absolute Gasteiger partial charge is 0.444 e. The number of halogens is 1. The van der Waals surface area contributed by atoms with Crippen molar-refractivity contribution in [2.24, 2.45) is 0 Å². The first-order valence-electron chi connectivity index (χ1n) is 8.56. The van der Waals surface area contributed by atoms with Gasteiger partial charge in [-0.1, -0.05) is 0 Å². The molecule has 0 spiro atoms. The molecule has 2 aromatic rings. The molecule has 136 valence electrons. The Hall–Kier alpha value is -2.22. The van der Waals surface area contributed by atoms with Gasteiger partial charge in [-0.3, -0.25) is 14.4 Å². The summed E-state index contributed by atoms with van der Waals surface area (Å²) in [7, 11) is 0. The molecule has 0 bridgehead atoms. The van der Waals surface area contributed by atoms with Crippen LogP contribution in [0.4, 0.5) is 4.39 Å². The highest BCUT2D eigenvalue weighted by atomic mass is 19.1. The predicted octanol–water partition coefficient (Wildman–Crippen LogP) is 1.61. The number of carbonyl (C=O) groups is 1. The summed E-state index contributed by atoms with van der Waals surface area (Å²) < 4.78 is 21.2. The second-order valence-electron chi connectivity index (χ2n) is 6.49. The number of likely N-dealkylation sites (tertiary alicyclic amines) is 1. The fourth-order valence-corrected chi connectivity index (χ4v) is 3.08. The van der Waals surface area contributed by atoms with Crippen LogP contribution < -0.4 is 5.32 Å². The first kappa shape index (κ1) is 17.6. The Labute approximate surface area is 146 Å². The number of carbonyl (C=O) groups excluding carboxylic acids is 1. The van der Waals surface area contributed by atoms with Crippen LogP contribution in [0.15, 0.2) is 22.9 Å². The molecule has 0 radical (unpaired) electrons. The van der Waals surface area contributed by atoms with Crippen molar-refractivity contribution in [2.75, 3.05) is 13.1 Å². The summed E-state index contributed by atoms with van der Waals surface area (Å²) in [6.07, 6.45) is 3.38. The Morgan fingerprint density at radius 2 is 2.32 bits per heavy atom. The van der Waals surface area contributed by atoms with Gasteiger partial charge in [-0.2, -0.15) is 5.10 Å². The lowest BCUT2D eigenvalue weighted by Crippen LogP contribution is -2.40. The minimum absolute atomic E-state index is 0.0452. The van der Waals surface area contributed by atoms with Gasteiger partial charge in [0.1, 0.15) is 11.9 Å². The average molecular weight is 349 g/mol. The minimum Gasteiger partial charge on any atom is -0.444 e. The topological polar surface area (TPSA) is 76.2 Å². The van der Waals surface area contributed by atoms with Crippen LogP contribution in [0.5, 0.6) is 0 Å². The first-order valence-corrected chi connectivity index (χ1v) is 8.56. The average Bonchev–Trinajstić information content (AvgIpc) is 3.26. The number of oxazole rings is 1. The third-order valence-electron chi connectivity index (χ3n) is 4.55. The lowest BCUT2D eigenvalue weighted by molar-refractivity contribution is -0.121. The van der Waals surface area contributed by atoms with E-state index in [4.69, 9.17) is 4.42 Å². The van der Waals surface area contributed by atoms with Gasteiger partial charge >= 0.3 is 0 Å². The number of hydrogen-bond donors (Lipinski definition) is 1. The smallest absolute Gasteiger partial charge is 0.221 e. The predicted molar refractivity (Wildman–Crippen MR) is 89.5 cm³/mol. The van der Waals surface area contributed by atoms with Gasteiger partial charge in [0, 0.05) is 44.5 Å². The zero-order valence-corrected chi connectivity index (χ0v) is 14.6.